The molecule has 0 radical (unpaired) electrons. The zero-order valence-electron chi connectivity index (χ0n) is 8.29. The SMILES string of the molecule is CC[C@H](C(=O)Cl)c1ccc(OC)cc1. The highest BCUT2D eigenvalue weighted by Gasteiger charge is 2.15. The van der Waals surface area contributed by atoms with E-state index in [1.54, 1.807) is 7.11 Å². The Morgan fingerprint density at radius 3 is 2.36 bits per heavy atom. The first-order valence-electron chi connectivity index (χ1n) is 4.52. The summed E-state index contributed by atoms with van der Waals surface area (Å²) in [5.41, 5.74) is 0.938. The number of methoxy groups -OCH3 is 1. The summed E-state index contributed by atoms with van der Waals surface area (Å²) < 4.78 is 5.03. The Labute approximate surface area is 88.8 Å². The first kappa shape index (κ1) is 11.1. The Balaban J connectivity index is 2.89. The van der Waals surface area contributed by atoms with Crippen LogP contribution in [0, 0.1) is 0 Å². The van der Waals surface area contributed by atoms with E-state index < -0.39 is 0 Å². The summed E-state index contributed by atoms with van der Waals surface area (Å²) in [5, 5.41) is -0.308. The topological polar surface area (TPSA) is 26.3 Å². The number of ether oxygens (including phenoxy) is 1. The number of hydrogen-bond donors (Lipinski definition) is 0. The van der Waals surface area contributed by atoms with E-state index in [2.05, 4.69) is 0 Å². The van der Waals surface area contributed by atoms with Crippen LogP contribution in [0.5, 0.6) is 5.75 Å². The number of carbonyl (C=O) groups excluding carboxylic acids is 1. The molecule has 0 aliphatic rings. The monoisotopic (exact) mass is 212 g/mol. The van der Waals surface area contributed by atoms with Crippen LogP contribution in [-0.2, 0) is 4.79 Å². The van der Waals surface area contributed by atoms with E-state index in [4.69, 9.17) is 16.3 Å². The Kier molecular flexibility index (Phi) is 3.96. The molecule has 0 bridgehead atoms. The molecule has 1 aromatic rings. The van der Waals surface area contributed by atoms with Crippen molar-refractivity contribution in [3.8, 4) is 5.75 Å². The summed E-state index contributed by atoms with van der Waals surface area (Å²) in [4.78, 5) is 11.1. The highest BCUT2D eigenvalue weighted by Crippen LogP contribution is 2.24. The summed E-state index contributed by atoms with van der Waals surface area (Å²) in [7, 11) is 1.61. The second-order valence-corrected chi connectivity index (χ2v) is 3.41. The van der Waals surface area contributed by atoms with Crippen molar-refractivity contribution >= 4 is 16.8 Å². The van der Waals surface area contributed by atoms with E-state index in [0.29, 0.717) is 6.42 Å². The fraction of sp³-hybridized carbons (Fsp3) is 0.364. The number of carbonyl (C=O) groups is 1. The second kappa shape index (κ2) is 5.01. The Bertz CT molecular complexity index is 306. The number of rotatable bonds is 4. The number of hydrogen-bond acceptors (Lipinski definition) is 2. The van der Waals surface area contributed by atoms with E-state index in [9.17, 15) is 4.79 Å². The van der Waals surface area contributed by atoms with Crippen LogP contribution in [0.25, 0.3) is 0 Å². The molecular formula is C11H13ClO2. The lowest BCUT2D eigenvalue weighted by Crippen LogP contribution is -2.04. The van der Waals surface area contributed by atoms with Gasteiger partial charge in [0.05, 0.1) is 13.0 Å². The average Bonchev–Trinajstić information content (AvgIpc) is 2.19. The molecule has 3 heteroatoms. The van der Waals surface area contributed by atoms with Crippen LogP contribution >= 0.6 is 11.6 Å². The van der Waals surface area contributed by atoms with Gasteiger partial charge in [-0.15, -0.1) is 0 Å². The van der Waals surface area contributed by atoms with Gasteiger partial charge in [-0.1, -0.05) is 19.1 Å². The molecule has 76 valence electrons. The van der Waals surface area contributed by atoms with Gasteiger partial charge in [-0.05, 0) is 35.7 Å². The average molecular weight is 213 g/mol. The normalized spacial score (nSPS) is 12.2. The molecule has 0 saturated heterocycles. The molecule has 0 spiro atoms. The van der Waals surface area contributed by atoms with Gasteiger partial charge in [0.2, 0.25) is 5.24 Å². The zero-order valence-corrected chi connectivity index (χ0v) is 9.04. The molecule has 0 amide bonds. The van der Waals surface area contributed by atoms with Gasteiger partial charge < -0.3 is 4.74 Å². The van der Waals surface area contributed by atoms with Gasteiger partial charge in [-0.2, -0.15) is 0 Å². The lowest BCUT2D eigenvalue weighted by atomic mass is 9.98. The minimum atomic E-state index is -0.308. The molecule has 1 rings (SSSR count). The molecule has 0 aliphatic carbocycles. The maximum absolute atomic E-state index is 11.1. The van der Waals surface area contributed by atoms with Gasteiger partial charge in [-0.25, -0.2) is 0 Å². The summed E-state index contributed by atoms with van der Waals surface area (Å²) in [5.74, 6) is 0.577. The highest BCUT2D eigenvalue weighted by atomic mass is 35.5. The van der Waals surface area contributed by atoms with Gasteiger partial charge in [-0.3, -0.25) is 4.79 Å². The second-order valence-electron chi connectivity index (χ2n) is 3.04. The fourth-order valence-electron chi connectivity index (χ4n) is 1.36. The quantitative estimate of drug-likeness (QED) is 0.718. The number of benzene rings is 1. The summed E-state index contributed by atoms with van der Waals surface area (Å²) in [6, 6.07) is 7.40. The third-order valence-electron chi connectivity index (χ3n) is 2.20. The first-order valence-corrected chi connectivity index (χ1v) is 4.90. The van der Waals surface area contributed by atoms with Gasteiger partial charge >= 0.3 is 0 Å². The zero-order chi connectivity index (χ0) is 10.6. The van der Waals surface area contributed by atoms with Crippen molar-refractivity contribution < 1.29 is 9.53 Å². The molecule has 1 aromatic carbocycles. The van der Waals surface area contributed by atoms with Crippen molar-refractivity contribution in [3.63, 3.8) is 0 Å². The van der Waals surface area contributed by atoms with Crippen LogP contribution < -0.4 is 4.74 Å². The van der Waals surface area contributed by atoms with Crippen LogP contribution in [0.15, 0.2) is 24.3 Å². The van der Waals surface area contributed by atoms with Crippen molar-refractivity contribution in [2.45, 2.75) is 19.3 Å². The largest absolute Gasteiger partial charge is 0.497 e. The molecule has 2 nitrogen and oxygen atoms in total. The van der Waals surface area contributed by atoms with E-state index in [1.807, 2.05) is 31.2 Å². The van der Waals surface area contributed by atoms with E-state index in [0.717, 1.165) is 11.3 Å². The Morgan fingerprint density at radius 2 is 2.00 bits per heavy atom. The maximum atomic E-state index is 11.1. The predicted octanol–water partition coefficient (Wildman–Crippen LogP) is 2.95. The Morgan fingerprint density at radius 1 is 1.43 bits per heavy atom. The summed E-state index contributed by atoms with van der Waals surface area (Å²) >= 11 is 5.48. The molecule has 14 heavy (non-hydrogen) atoms. The van der Waals surface area contributed by atoms with E-state index in [-0.39, 0.29) is 11.2 Å². The molecule has 1 atom stereocenters. The molecule has 0 N–H and O–H groups in total. The molecular weight excluding hydrogens is 200 g/mol. The molecule has 0 fully saturated rings. The third kappa shape index (κ3) is 2.48. The highest BCUT2D eigenvalue weighted by molar-refractivity contribution is 6.64. The van der Waals surface area contributed by atoms with Gasteiger partial charge in [0.25, 0.3) is 0 Å². The van der Waals surface area contributed by atoms with Crippen molar-refractivity contribution in [2.75, 3.05) is 7.11 Å². The molecule has 0 saturated carbocycles. The minimum absolute atomic E-state index is 0.206. The summed E-state index contributed by atoms with van der Waals surface area (Å²) in [6.45, 7) is 1.94. The van der Waals surface area contributed by atoms with Crippen molar-refractivity contribution in [3.05, 3.63) is 29.8 Å². The summed E-state index contributed by atoms with van der Waals surface area (Å²) in [6.07, 6.45) is 0.717. The number of halogens is 1. The van der Waals surface area contributed by atoms with Crippen molar-refractivity contribution in [2.24, 2.45) is 0 Å². The van der Waals surface area contributed by atoms with Crippen LogP contribution in [0.2, 0.25) is 0 Å². The maximum Gasteiger partial charge on any atom is 0.229 e. The molecule has 0 unspecified atom stereocenters. The van der Waals surface area contributed by atoms with Gasteiger partial charge in [0, 0.05) is 0 Å². The Hall–Kier alpha value is -1.02. The minimum Gasteiger partial charge on any atom is -0.497 e. The van der Waals surface area contributed by atoms with Crippen LogP contribution in [0.4, 0.5) is 0 Å². The molecule has 0 aliphatic heterocycles. The third-order valence-corrected chi connectivity index (χ3v) is 2.46. The van der Waals surface area contributed by atoms with E-state index >= 15 is 0 Å². The molecule has 0 aromatic heterocycles. The van der Waals surface area contributed by atoms with Gasteiger partial charge in [0.1, 0.15) is 5.75 Å². The van der Waals surface area contributed by atoms with Crippen LogP contribution in [-0.4, -0.2) is 12.4 Å². The van der Waals surface area contributed by atoms with Crippen molar-refractivity contribution in [1.29, 1.82) is 0 Å². The lowest BCUT2D eigenvalue weighted by Gasteiger charge is -2.10. The van der Waals surface area contributed by atoms with Crippen LogP contribution in [0.1, 0.15) is 24.8 Å². The molecule has 0 heterocycles. The fourth-order valence-corrected chi connectivity index (χ4v) is 1.64. The predicted molar refractivity (Wildman–Crippen MR) is 56.9 cm³/mol. The first-order chi connectivity index (χ1) is 6.69. The van der Waals surface area contributed by atoms with Crippen molar-refractivity contribution in [1.82, 2.24) is 0 Å². The lowest BCUT2D eigenvalue weighted by molar-refractivity contribution is -0.113. The standard InChI is InChI=1S/C11H13ClO2/c1-3-10(11(12)13)8-4-6-9(14-2)7-5-8/h4-7,10H,3H2,1-2H3/t10-/m0/s1. The van der Waals surface area contributed by atoms with Gasteiger partial charge in [0.15, 0.2) is 0 Å². The smallest absolute Gasteiger partial charge is 0.229 e. The van der Waals surface area contributed by atoms with E-state index in [1.165, 1.54) is 0 Å². The van der Waals surface area contributed by atoms with Crippen LogP contribution in [0.3, 0.4) is 0 Å².